The second kappa shape index (κ2) is 4.07. The van der Waals surface area contributed by atoms with Crippen molar-refractivity contribution in [3.63, 3.8) is 0 Å². The standard InChI is InChI=1S/C4H5F5NO4S2/c1-15(11,12)10-16(13,14)4(8,9)3(6,7)2-5/h2H2,1H3/q-1. The summed E-state index contributed by atoms with van der Waals surface area (Å²) in [6.45, 7) is -2.97. The van der Waals surface area contributed by atoms with Crippen molar-refractivity contribution in [2.75, 3.05) is 12.9 Å². The van der Waals surface area contributed by atoms with E-state index < -0.39 is 37.9 Å². The molecular weight excluding hydrogens is 285 g/mol. The highest BCUT2D eigenvalue weighted by Gasteiger charge is 2.62. The molecule has 0 aromatic heterocycles. The minimum Gasteiger partial charge on any atom is -0.431 e. The summed E-state index contributed by atoms with van der Waals surface area (Å²) < 4.78 is 104. The van der Waals surface area contributed by atoms with Crippen LogP contribution in [0.25, 0.3) is 4.13 Å². The maximum atomic E-state index is 12.6. The Labute approximate surface area is 87.7 Å². The molecule has 98 valence electrons. The predicted octanol–water partition coefficient (Wildman–Crippen LogP) is 0.847. The van der Waals surface area contributed by atoms with Gasteiger partial charge in [0.05, 0.1) is 10.0 Å². The van der Waals surface area contributed by atoms with Crippen molar-refractivity contribution < 1.29 is 38.8 Å². The number of hydrogen-bond donors (Lipinski definition) is 0. The van der Waals surface area contributed by atoms with Crippen LogP contribution in [0.4, 0.5) is 22.0 Å². The van der Waals surface area contributed by atoms with E-state index in [1.165, 1.54) is 0 Å². The van der Waals surface area contributed by atoms with Gasteiger partial charge in [0, 0.05) is 6.26 Å². The van der Waals surface area contributed by atoms with Gasteiger partial charge in [0.2, 0.25) is 0 Å². The molecule has 0 fully saturated rings. The minimum absolute atomic E-state index is 0.105. The summed E-state index contributed by atoms with van der Waals surface area (Å²) in [4.78, 5) is 0. The summed E-state index contributed by atoms with van der Waals surface area (Å²) in [5, 5.41) is -5.93. The molecule has 0 amide bonds. The third-order valence-electron chi connectivity index (χ3n) is 1.15. The topological polar surface area (TPSA) is 82.4 Å². The van der Waals surface area contributed by atoms with Crippen molar-refractivity contribution in [3.05, 3.63) is 4.13 Å². The molecule has 0 N–H and O–H groups in total. The lowest BCUT2D eigenvalue weighted by Crippen LogP contribution is -2.48. The van der Waals surface area contributed by atoms with E-state index in [4.69, 9.17) is 0 Å². The smallest absolute Gasteiger partial charge is 0.394 e. The quantitative estimate of drug-likeness (QED) is 0.703. The first kappa shape index (κ1) is 15.5. The zero-order valence-corrected chi connectivity index (χ0v) is 9.13. The number of hydrogen-bond acceptors (Lipinski definition) is 4. The molecule has 0 spiro atoms. The van der Waals surface area contributed by atoms with E-state index in [9.17, 15) is 38.8 Å². The van der Waals surface area contributed by atoms with Gasteiger partial charge in [-0.05, 0) is 0 Å². The number of alkyl halides is 5. The lowest BCUT2D eigenvalue weighted by Gasteiger charge is -2.29. The Kier molecular flexibility index (Phi) is 3.95. The predicted molar refractivity (Wildman–Crippen MR) is 43.0 cm³/mol. The van der Waals surface area contributed by atoms with Gasteiger partial charge >= 0.3 is 11.2 Å². The summed E-state index contributed by atoms with van der Waals surface area (Å²) in [6, 6.07) is 0. The van der Waals surface area contributed by atoms with Crippen molar-refractivity contribution in [2.45, 2.75) is 11.2 Å². The Balaban J connectivity index is 5.50. The molecule has 0 aromatic rings. The normalized spacial score (nSPS) is 15.1. The van der Waals surface area contributed by atoms with Crippen LogP contribution in [0.15, 0.2) is 0 Å². The van der Waals surface area contributed by atoms with Gasteiger partial charge < -0.3 is 4.13 Å². The maximum Gasteiger partial charge on any atom is 0.394 e. The van der Waals surface area contributed by atoms with Gasteiger partial charge in [0.15, 0.2) is 16.7 Å². The van der Waals surface area contributed by atoms with Gasteiger partial charge in [-0.1, -0.05) is 0 Å². The third-order valence-corrected chi connectivity index (χ3v) is 3.97. The molecule has 0 aromatic carbocycles. The van der Waals surface area contributed by atoms with Crippen molar-refractivity contribution in [1.82, 2.24) is 0 Å². The minimum atomic E-state index is -6.37. The van der Waals surface area contributed by atoms with Crippen LogP contribution in [-0.2, 0) is 20.0 Å². The fourth-order valence-electron chi connectivity index (χ4n) is 0.492. The molecule has 5 nitrogen and oxygen atoms in total. The molecular formula is C4H5F5NO4S2-. The molecule has 0 heterocycles. The monoisotopic (exact) mass is 290 g/mol. The van der Waals surface area contributed by atoms with Crippen molar-refractivity contribution in [2.24, 2.45) is 0 Å². The molecule has 0 saturated heterocycles. The molecule has 0 aliphatic rings. The molecule has 0 aliphatic heterocycles. The second-order valence-corrected chi connectivity index (χ2v) is 6.16. The fraction of sp³-hybridized carbons (Fsp3) is 1.00. The molecule has 0 atom stereocenters. The van der Waals surface area contributed by atoms with E-state index in [0.29, 0.717) is 0 Å². The van der Waals surface area contributed by atoms with Crippen molar-refractivity contribution in [3.8, 4) is 0 Å². The van der Waals surface area contributed by atoms with E-state index in [1.807, 2.05) is 0 Å². The lowest BCUT2D eigenvalue weighted by atomic mass is 10.4. The van der Waals surface area contributed by atoms with E-state index >= 15 is 0 Å². The SMILES string of the molecule is CS(=O)(=O)[N-]S(=O)(=O)C(F)(F)C(F)(F)CF. The Bertz CT molecular complexity index is 455. The van der Waals surface area contributed by atoms with E-state index in [1.54, 1.807) is 4.13 Å². The van der Waals surface area contributed by atoms with Gasteiger partial charge in [-0.15, -0.1) is 0 Å². The lowest BCUT2D eigenvalue weighted by molar-refractivity contribution is -0.165. The van der Waals surface area contributed by atoms with Crippen LogP contribution in [0, 0.1) is 0 Å². The van der Waals surface area contributed by atoms with Crippen LogP contribution in [0.1, 0.15) is 0 Å². The molecule has 0 aliphatic carbocycles. The second-order valence-electron chi connectivity index (χ2n) is 2.64. The first-order chi connectivity index (χ1) is 6.77. The first-order valence-corrected chi connectivity index (χ1v) is 6.56. The average Bonchev–Trinajstić information content (AvgIpc) is 1.99. The Morgan fingerprint density at radius 3 is 1.69 bits per heavy atom. The van der Waals surface area contributed by atoms with Crippen molar-refractivity contribution >= 4 is 20.0 Å². The van der Waals surface area contributed by atoms with Crippen LogP contribution in [0.3, 0.4) is 0 Å². The van der Waals surface area contributed by atoms with Crippen LogP contribution >= 0.6 is 0 Å². The molecule has 16 heavy (non-hydrogen) atoms. The number of nitrogens with zero attached hydrogens (tertiary/aromatic N) is 1. The number of halogens is 5. The highest BCUT2D eigenvalue weighted by Crippen LogP contribution is 2.41. The average molecular weight is 290 g/mol. The summed E-state index contributed by atoms with van der Waals surface area (Å²) in [5.41, 5.74) is 0. The van der Waals surface area contributed by atoms with E-state index in [2.05, 4.69) is 0 Å². The Morgan fingerprint density at radius 2 is 1.44 bits per heavy atom. The molecule has 0 unspecified atom stereocenters. The molecule has 0 radical (unpaired) electrons. The van der Waals surface area contributed by atoms with Crippen LogP contribution in [-0.4, -0.2) is 40.9 Å². The zero-order valence-electron chi connectivity index (χ0n) is 7.49. The van der Waals surface area contributed by atoms with Gasteiger partial charge in [0.1, 0.15) is 0 Å². The van der Waals surface area contributed by atoms with Gasteiger partial charge in [-0.2, -0.15) is 17.6 Å². The summed E-state index contributed by atoms with van der Waals surface area (Å²) in [5.74, 6) is -5.56. The highest BCUT2D eigenvalue weighted by atomic mass is 32.3. The Hall–Kier alpha value is -0.490. The molecule has 0 rings (SSSR count). The van der Waals surface area contributed by atoms with Gasteiger partial charge in [0.25, 0.3) is 0 Å². The maximum absolute atomic E-state index is 12.6. The summed E-state index contributed by atoms with van der Waals surface area (Å²) in [6.07, 6.45) is 0.105. The molecule has 12 heteroatoms. The molecule has 0 saturated carbocycles. The summed E-state index contributed by atoms with van der Waals surface area (Å²) >= 11 is 0. The van der Waals surface area contributed by atoms with E-state index in [0.717, 1.165) is 0 Å². The van der Waals surface area contributed by atoms with Gasteiger partial charge in [-0.25, -0.2) is 21.2 Å². The third kappa shape index (κ3) is 3.01. The summed E-state index contributed by atoms with van der Waals surface area (Å²) in [7, 11) is -11.2. The molecule has 0 bridgehead atoms. The fourth-order valence-corrected chi connectivity index (χ4v) is 2.72. The van der Waals surface area contributed by atoms with Crippen LogP contribution < -0.4 is 0 Å². The number of sulfonamides is 2. The van der Waals surface area contributed by atoms with Crippen LogP contribution in [0.2, 0.25) is 0 Å². The van der Waals surface area contributed by atoms with Crippen LogP contribution in [0.5, 0.6) is 0 Å². The first-order valence-electron chi connectivity index (χ1n) is 3.27. The highest BCUT2D eigenvalue weighted by molar-refractivity contribution is 8.12. The largest absolute Gasteiger partial charge is 0.431 e. The zero-order chi connectivity index (χ0) is 13.4. The van der Waals surface area contributed by atoms with Gasteiger partial charge in [-0.3, -0.25) is 0 Å². The Morgan fingerprint density at radius 1 is 1.06 bits per heavy atom. The van der Waals surface area contributed by atoms with Crippen molar-refractivity contribution in [1.29, 1.82) is 0 Å². The number of rotatable bonds is 5. The van der Waals surface area contributed by atoms with E-state index in [-0.39, 0.29) is 6.26 Å².